The van der Waals surface area contributed by atoms with Crippen molar-refractivity contribution in [2.75, 3.05) is 0 Å². The fourth-order valence-corrected chi connectivity index (χ4v) is 0. The van der Waals surface area contributed by atoms with E-state index in [1.807, 2.05) is 0 Å². The van der Waals surface area contributed by atoms with Gasteiger partial charge >= 0.3 is 6.09 Å². The van der Waals surface area contributed by atoms with E-state index in [1.165, 1.54) is 0 Å². The van der Waals surface area contributed by atoms with E-state index in [0.29, 0.717) is 0 Å². The molecule has 0 rings (SSSR count). The molecule has 0 aromatic rings. The molecule has 0 aromatic carbocycles. The van der Waals surface area contributed by atoms with Crippen LogP contribution in [0.5, 0.6) is 0 Å². The van der Waals surface area contributed by atoms with Crippen LogP contribution in [0.15, 0.2) is 0 Å². The van der Waals surface area contributed by atoms with E-state index in [0.717, 1.165) is 0 Å². The molecule has 0 unspecified atom stereocenters. The average molecular weight is 90.0 g/mol. The van der Waals surface area contributed by atoms with Gasteiger partial charge in [0.15, 0.2) is 0 Å². The van der Waals surface area contributed by atoms with Gasteiger partial charge in [-0.3, -0.25) is 10.1 Å². The number of rotatable bonds is 0. The van der Waals surface area contributed by atoms with E-state index in [1.54, 1.807) is 0 Å². The molecule has 0 heterocycles. The predicted octanol–water partition coefficient (Wildman–Crippen LogP) is -1.39. The lowest BCUT2D eigenvalue weighted by Gasteiger charge is -1.81. The van der Waals surface area contributed by atoms with Crippen molar-refractivity contribution >= 4 is 6.09 Å². The largest absolute Gasteiger partial charge is 0.486 e. The first kappa shape index (κ1) is 4.87. The molecule has 0 saturated carbocycles. The lowest BCUT2D eigenvalue weighted by atomic mass is 11.3. The summed E-state index contributed by atoms with van der Waals surface area (Å²) in [7, 11) is 0. The summed E-state index contributed by atoms with van der Waals surface area (Å²) in [4.78, 5) is 16.2. The van der Waals surface area contributed by atoms with Gasteiger partial charge in [-0.15, -0.1) is 0 Å². The predicted molar refractivity (Wildman–Crippen MR) is 12.4 cm³/mol. The molecule has 0 aliphatic carbocycles. The van der Waals surface area contributed by atoms with Crippen molar-refractivity contribution in [3.63, 3.8) is 0 Å². The Morgan fingerprint density at radius 3 is 1.83 bits per heavy atom. The Morgan fingerprint density at radius 2 is 1.83 bits per heavy atom. The topological polar surface area (TPSA) is 83.3 Å². The van der Waals surface area contributed by atoms with Crippen molar-refractivity contribution in [3.8, 4) is 0 Å². The summed E-state index contributed by atoms with van der Waals surface area (Å²) in [5.41, 5.74) is 0. The van der Waals surface area contributed by atoms with Gasteiger partial charge in [0.05, 0.1) is 4.92 Å². The molecule has 5 heteroatoms. The highest BCUT2D eigenvalue weighted by Crippen LogP contribution is 1.58. The first-order valence-corrected chi connectivity index (χ1v) is 0.997. The van der Waals surface area contributed by atoms with Gasteiger partial charge in [-0.05, 0) is 0 Å². The van der Waals surface area contributed by atoms with Crippen LogP contribution in [0.3, 0.4) is 0 Å². The lowest BCUT2D eigenvalue weighted by molar-refractivity contribution is -0.481. The number of nitrogens with zero attached hydrogens (tertiary/aromatic N) is 1. The van der Waals surface area contributed by atoms with Crippen LogP contribution >= 0.6 is 0 Å². The minimum Gasteiger partial charge on any atom is -0.486 e. The second-order valence-electron chi connectivity index (χ2n) is 0.523. The first-order valence-electron chi connectivity index (χ1n) is 0.997. The number of carbonyl (C=O) groups is 1. The SMILES string of the molecule is O=C([O-])[N+](=O)[O-]. The van der Waals surface area contributed by atoms with Crippen LogP contribution in [-0.4, -0.2) is 11.0 Å². The molecule has 0 aliphatic heterocycles. The average Bonchev–Trinajstić information content (AvgIpc) is 1.36. The van der Waals surface area contributed by atoms with Crippen LogP contribution in [0.2, 0.25) is 0 Å². The molecule has 5 nitrogen and oxygen atoms in total. The molecule has 0 radical (unpaired) electrons. The summed E-state index contributed by atoms with van der Waals surface area (Å²) in [6, 6.07) is 0. The van der Waals surface area contributed by atoms with E-state index >= 15 is 0 Å². The van der Waals surface area contributed by atoms with Crippen molar-refractivity contribution < 1.29 is 14.8 Å². The zero-order valence-electron chi connectivity index (χ0n) is 2.58. The Morgan fingerprint density at radius 1 is 1.67 bits per heavy atom. The Balaban J connectivity index is 3.57. The second kappa shape index (κ2) is 1.34. The second-order valence-corrected chi connectivity index (χ2v) is 0.523. The van der Waals surface area contributed by atoms with Crippen molar-refractivity contribution in [2.45, 2.75) is 0 Å². The number of hydrogen-bond donors (Lipinski definition) is 0. The van der Waals surface area contributed by atoms with Gasteiger partial charge < -0.3 is 9.90 Å². The van der Waals surface area contributed by atoms with Crippen LogP contribution in [-0.2, 0) is 0 Å². The van der Waals surface area contributed by atoms with Gasteiger partial charge in [-0.1, -0.05) is 0 Å². The van der Waals surface area contributed by atoms with Gasteiger partial charge in [-0.2, -0.15) is 0 Å². The molecule has 1 amide bonds. The van der Waals surface area contributed by atoms with Gasteiger partial charge in [0, 0.05) is 0 Å². The van der Waals surface area contributed by atoms with E-state index in [4.69, 9.17) is 20.0 Å². The summed E-state index contributed by atoms with van der Waals surface area (Å²) >= 11 is 0. The Labute approximate surface area is 32.3 Å². The molecule has 0 spiro atoms. The minimum atomic E-state index is -2.27. The Kier molecular flexibility index (Phi) is 1.09. The van der Waals surface area contributed by atoms with Crippen molar-refractivity contribution in [2.24, 2.45) is 0 Å². The standard InChI is InChI=1S/CHNO4/c3-1(4)2(5)6/h(H,3,4)/p-1. The number of carbonyl (C=O) groups excluding carboxylic acids is 1. The number of hydrogen-bond acceptors (Lipinski definition) is 4. The molecule has 0 bridgehead atoms. The normalized spacial score (nSPS) is 7.33. The molecule has 0 fully saturated rings. The van der Waals surface area contributed by atoms with Crippen LogP contribution < -0.4 is 5.11 Å². The summed E-state index contributed by atoms with van der Waals surface area (Å²) in [5, 5.41) is 17.7. The first-order chi connectivity index (χ1) is 2.64. The molecule has 6 heavy (non-hydrogen) atoms. The van der Waals surface area contributed by atoms with Crippen molar-refractivity contribution in [3.05, 3.63) is 10.1 Å². The van der Waals surface area contributed by atoms with E-state index in [2.05, 4.69) is 0 Å². The van der Waals surface area contributed by atoms with Gasteiger partial charge in [0.25, 0.3) is 0 Å². The number of amides is 1. The third-order valence-corrected chi connectivity index (χ3v) is 0.149. The number of nitro groups is 1. The molecule has 0 aromatic heterocycles. The highest BCUT2D eigenvalue weighted by atomic mass is 16.7. The molecule has 0 aliphatic rings. The maximum atomic E-state index is 8.89. The van der Waals surface area contributed by atoms with Gasteiger partial charge in [-0.25, -0.2) is 0 Å². The fraction of sp³-hybridized carbons (Fsp3) is 0. The van der Waals surface area contributed by atoms with E-state index in [-0.39, 0.29) is 0 Å². The fourth-order valence-electron chi connectivity index (χ4n) is 0. The van der Waals surface area contributed by atoms with Gasteiger partial charge in [0.1, 0.15) is 0 Å². The molecule has 34 valence electrons. The Bertz CT molecular complexity index is 73.5. The lowest BCUT2D eigenvalue weighted by Crippen LogP contribution is -2.28. The van der Waals surface area contributed by atoms with Crippen LogP contribution in [0.25, 0.3) is 0 Å². The minimum absolute atomic E-state index is 1.53. The third-order valence-electron chi connectivity index (χ3n) is 0.149. The van der Waals surface area contributed by atoms with E-state index in [9.17, 15) is 0 Å². The zero-order chi connectivity index (χ0) is 5.15. The Hall–Kier alpha value is -1.13. The highest BCUT2D eigenvalue weighted by Gasteiger charge is 1.91. The molecular weight excluding hydrogens is 90.0 g/mol. The maximum absolute atomic E-state index is 8.89. The van der Waals surface area contributed by atoms with Crippen molar-refractivity contribution in [1.29, 1.82) is 0 Å². The maximum Gasteiger partial charge on any atom is 0.401 e. The smallest absolute Gasteiger partial charge is 0.401 e. The summed E-state index contributed by atoms with van der Waals surface area (Å²) in [5.74, 6) is 0. The third kappa shape index (κ3) is 1.22. The van der Waals surface area contributed by atoms with Crippen LogP contribution in [0.4, 0.5) is 4.79 Å². The summed E-state index contributed by atoms with van der Waals surface area (Å²) in [6.45, 7) is 0. The quantitative estimate of drug-likeness (QED) is 0.270. The zero-order valence-corrected chi connectivity index (χ0v) is 2.58. The molecule has 0 saturated heterocycles. The van der Waals surface area contributed by atoms with Crippen molar-refractivity contribution in [1.82, 2.24) is 0 Å². The molecule has 0 atom stereocenters. The van der Waals surface area contributed by atoms with Gasteiger partial charge in [0.2, 0.25) is 0 Å². The van der Waals surface area contributed by atoms with Crippen LogP contribution in [0, 0.1) is 10.1 Å². The molecular formula is CNO4-. The monoisotopic (exact) mass is 90.0 g/mol. The summed E-state index contributed by atoms with van der Waals surface area (Å²) in [6.07, 6.45) is -2.27. The molecule has 0 N–H and O–H groups in total. The van der Waals surface area contributed by atoms with Crippen LogP contribution in [0.1, 0.15) is 0 Å². The van der Waals surface area contributed by atoms with E-state index < -0.39 is 11.0 Å². The summed E-state index contributed by atoms with van der Waals surface area (Å²) < 4.78 is 0. The number of carboxylic acid groups (broad SMARTS) is 1. The highest BCUT2D eigenvalue weighted by molar-refractivity contribution is 5.51.